The molecule has 0 unspecified atom stereocenters. The van der Waals surface area contributed by atoms with Crippen molar-refractivity contribution in [2.45, 2.75) is 44.7 Å². The Hall–Kier alpha value is -2.33. The van der Waals surface area contributed by atoms with Crippen molar-refractivity contribution < 1.29 is 4.79 Å². The van der Waals surface area contributed by atoms with Gasteiger partial charge in [0.15, 0.2) is 6.17 Å². The van der Waals surface area contributed by atoms with Gasteiger partial charge in [-0.2, -0.15) is 5.10 Å². The first kappa shape index (κ1) is 17.1. The molecular weight excluding hydrogens is 346 g/mol. The van der Waals surface area contributed by atoms with E-state index in [4.69, 9.17) is 16.7 Å². The van der Waals surface area contributed by atoms with E-state index >= 15 is 0 Å². The number of nitrogens with zero attached hydrogens (tertiary/aromatic N) is 2. The first-order valence-corrected chi connectivity index (χ1v) is 9.62. The van der Waals surface area contributed by atoms with Crippen molar-refractivity contribution >= 4 is 28.9 Å². The molecule has 1 amide bonds. The molecule has 2 aromatic carbocycles. The summed E-state index contributed by atoms with van der Waals surface area (Å²) < 4.78 is 0. The van der Waals surface area contributed by atoms with Crippen LogP contribution in [0.15, 0.2) is 53.6 Å². The van der Waals surface area contributed by atoms with E-state index in [1.165, 1.54) is 12.8 Å². The van der Waals surface area contributed by atoms with E-state index in [9.17, 15) is 4.79 Å². The number of fused-ring (bicyclic) bond motifs is 1. The lowest BCUT2D eigenvalue weighted by Gasteiger charge is -2.35. The molecule has 0 aromatic heterocycles. The van der Waals surface area contributed by atoms with Crippen LogP contribution in [0, 0.1) is 0 Å². The number of hydrogen-bond acceptors (Lipinski definition) is 3. The molecule has 1 aliphatic carbocycles. The minimum atomic E-state index is -0.401. The van der Waals surface area contributed by atoms with Gasteiger partial charge >= 0.3 is 0 Å². The van der Waals surface area contributed by atoms with Crippen molar-refractivity contribution in [2.75, 3.05) is 5.32 Å². The van der Waals surface area contributed by atoms with Crippen LogP contribution in [0.1, 0.15) is 60.6 Å². The third kappa shape index (κ3) is 3.34. The first-order chi connectivity index (χ1) is 12.7. The molecule has 2 aliphatic rings. The fourth-order valence-electron chi connectivity index (χ4n) is 3.64. The molecule has 1 N–H and O–H groups in total. The van der Waals surface area contributed by atoms with Crippen LogP contribution in [0.5, 0.6) is 0 Å². The lowest BCUT2D eigenvalue weighted by molar-refractivity contribution is 0.0688. The summed E-state index contributed by atoms with van der Waals surface area (Å²) in [6, 6.07) is 15.2. The van der Waals surface area contributed by atoms with Crippen LogP contribution in [-0.2, 0) is 0 Å². The van der Waals surface area contributed by atoms with Crippen molar-refractivity contribution in [1.82, 2.24) is 5.01 Å². The third-order valence-corrected chi connectivity index (χ3v) is 5.38. The second-order valence-electron chi connectivity index (χ2n) is 6.84. The molecule has 1 heterocycles. The summed E-state index contributed by atoms with van der Waals surface area (Å²) in [5.41, 5.74) is 3.43. The Morgan fingerprint density at radius 3 is 2.42 bits per heavy atom. The van der Waals surface area contributed by atoms with E-state index in [0.29, 0.717) is 10.6 Å². The highest BCUT2D eigenvalue weighted by molar-refractivity contribution is 6.31. The lowest BCUT2D eigenvalue weighted by Crippen LogP contribution is -2.40. The molecule has 0 radical (unpaired) electrons. The highest BCUT2D eigenvalue weighted by atomic mass is 35.5. The molecule has 1 aliphatic heterocycles. The number of carbonyl (C=O) groups excluding carboxylic acids is 1. The summed E-state index contributed by atoms with van der Waals surface area (Å²) >= 11 is 6.44. The second-order valence-corrected chi connectivity index (χ2v) is 7.25. The van der Waals surface area contributed by atoms with Crippen molar-refractivity contribution in [2.24, 2.45) is 5.10 Å². The molecule has 5 heteroatoms. The predicted molar refractivity (Wildman–Crippen MR) is 106 cm³/mol. The number of amides is 1. The van der Waals surface area contributed by atoms with Gasteiger partial charge in [0, 0.05) is 22.0 Å². The zero-order valence-corrected chi connectivity index (χ0v) is 15.4. The van der Waals surface area contributed by atoms with Gasteiger partial charge in [0.2, 0.25) is 0 Å². The fraction of sp³-hybridized carbons (Fsp3) is 0.333. The fourth-order valence-corrected chi connectivity index (χ4v) is 3.88. The molecule has 0 bridgehead atoms. The maximum absolute atomic E-state index is 13.2. The minimum absolute atomic E-state index is 0.0824. The van der Waals surface area contributed by atoms with Crippen LogP contribution < -0.4 is 5.32 Å². The maximum atomic E-state index is 13.2. The van der Waals surface area contributed by atoms with Crippen molar-refractivity contribution in [1.29, 1.82) is 0 Å². The minimum Gasteiger partial charge on any atom is -0.359 e. The summed E-state index contributed by atoms with van der Waals surface area (Å²) in [6.45, 7) is 0. The Kier molecular flexibility index (Phi) is 4.93. The number of nitrogens with one attached hydrogen (secondary N) is 1. The maximum Gasteiger partial charge on any atom is 0.278 e. The van der Waals surface area contributed by atoms with Crippen LogP contribution in [0.3, 0.4) is 0 Å². The molecule has 2 aromatic rings. The van der Waals surface area contributed by atoms with Gasteiger partial charge in [-0.1, -0.05) is 54.8 Å². The molecule has 26 heavy (non-hydrogen) atoms. The van der Waals surface area contributed by atoms with E-state index in [1.54, 1.807) is 5.01 Å². The Bertz CT molecular complexity index is 839. The van der Waals surface area contributed by atoms with Gasteiger partial charge < -0.3 is 5.32 Å². The number of rotatable bonds is 2. The summed E-state index contributed by atoms with van der Waals surface area (Å²) in [5, 5.41) is 10.5. The molecule has 0 saturated heterocycles. The molecule has 4 nitrogen and oxygen atoms in total. The van der Waals surface area contributed by atoms with Gasteiger partial charge in [-0.3, -0.25) is 4.79 Å². The summed E-state index contributed by atoms with van der Waals surface area (Å²) in [4.78, 5) is 13.2. The quantitative estimate of drug-likeness (QED) is 0.700. The zero-order valence-electron chi connectivity index (χ0n) is 14.6. The number of halogens is 1. The summed E-state index contributed by atoms with van der Waals surface area (Å²) in [6.07, 6.45) is 6.27. The predicted octanol–water partition coefficient (Wildman–Crippen LogP) is 5.62. The zero-order chi connectivity index (χ0) is 17.9. The lowest BCUT2D eigenvalue weighted by atomic mass is 10.0. The third-order valence-electron chi connectivity index (χ3n) is 5.03. The molecule has 1 saturated carbocycles. The summed E-state index contributed by atoms with van der Waals surface area (Å²) in [5.74, 6) is -0.0824. The van der Waals surface area contributed by atoms with Crippen molar-refractivity contribution in [3.8, 4) is 0 Å². The normalized spacial score (nSPS) is 20.2. The number of hydrogen-bond donors (Lipinski definition) is 1. The Labute approximate surface area is 158 Å². The Balaban J connectivity index is 1.77. The molecule has 1 atom stereocenters. The monoisotopic (exact) mass is 367 g/mol. The van der Waals surface area contributed by atoms with Gasteiger partial charge in [0.1, 0.15) is 0 Å². The van der Waals surface area contributed by atoms with Crippen LogP contribution in [0.2, 0.25) is 5.02 Å². The highest BCUT2D eigenvalue weighted by Crippen LogP contribution is 2.36. The number of para-hydroxylation sites is 1. The van der Waals surface area contributed by atoms with Gasteiger partial charge in [0.25, 0.3) is 5.91 Å². The Morgan fingerprint density at radius 2 is 1.65 bits per heavy atom. The number of carbonyl (C=O) groups is 1. The topological polar surface area (TPSA) is 44.7 Å². The molecule has 134 valence electrons. The molecule has 1 fully saturated rings. The second kappa shape index (κ2) is 7.50. The van der Waals surface area contributed by atoms with E-state index in [1.807, 2.05) is 48.5 Å². The molecule has 4 rings (SSSR count). The van der Waals surface area contributed by atoms with Gasteiger partial charge in [-0.25, -0.2) is 5.01 Å². The van der Waals surface area contributed by atoms with Gasteiger partial charge in [-0.15, -0.1) is 0 Å². The van der Waals surface area contributed by atoms with Crippen molar-refractivity contribution in [3.05, 3.63) is 64.7 Å². The molecule has 0 spiro atoms. The first-order valence-electron chi connectivity index (χ1n) is 9.24. The van der Waals surface area contributed by atoms with E-state index in [0.717, 1.165) is 42.6 Å². The van der Waals surface area contributed by atoms with Crippen LogP contribution in [0.4, 0.5) is 5.69 Å². The standard InChI is InChI=1S/C21H22ClN3O/c22-18-13-7-5-11-16(18)20-23-19-14-8-6-12-17(19)21(26)25(20)24-15-9-3-1-2-4-10-15/h5-8,11-14,20,23H,1-4,9-10H2/t20-/m0/s1. The number of anilines is 1. The molecular formula is C21H22ClN3O. The van der Waals surface area contributed by atoms with Crippen LogP contribution >= 0.6 is 11.6 Å². The van der Waals surface area contributed by atoms with Crippen LogP contribution in [0.25, 0.3) is 0 Å². The highest BCUT2D eigenvalue weighted by Gasteiger charge is 2.34. The summed E-state index contributed by atoms with van der Waals surface area (Å²) in [7, 11) is 0. The van der Waals surface area contributed by atoms with Crippen LogP contribution in [-0.4, -0.2) is 16.6 Å². The largest absolute Gasteiger partial charge is 0.359 e. The van der Waals surface area contributed by atoms with E-state index < -0.39 is 6.17 Å². The van der Waals surface area contributed by atoms with Gasteiger partial charge in [-0.05, 0) is 43.9 Å². The number of hydrazone groups is 1. The van der Waals surface area contributed by atoms with Gasteiger partial charge in [0.05, 0.1) is 5.56 Å². The SMILES string of the molecule is O=C1c2ccccc2N[C@H](c2ccccc2Cl)N1N=C1CCCCCC1. The van der Waals surface area contributed by atoms with E-state index in [-0.39, 0.29) is 5.91 Å². The number of benzene rings is 2. The average Bonchev–Trinajstić information content (AvgIpc) is 2.93. The van der Waals surface area contributed by atoms with E-state index in [2.05, 4.69) is 5.32 Å². The average molecular weight is 368 g/mol. The smallest absolute Gasteiger partial charge is 0.278 e. The Morgan fingerprint density at radius 1 is 0.962 bits per heavy atom. The van der Waals surface area contributed by atoms with Crippen molar-refractivity contribution in [3.63, 3.8) is 0 Å².